The van der Waals surface area contributed by atoms with Crippen LogP contribution in [0.15, 0.2) is 0 Å². The molecule has 0 saturated carbocycles. The minimum absolute atomic E-state index is 0.890. The Kier molecular flexibility index (Phi) is 1.96. The normalized spacial score (nSPS) is 14.4. The van der Waals surface area contributed by atoms with Crippen molar-refractivity contribution in [1.29, 1.82) is 0 Å². The Bertz CT molecular complexity index is 344. The number of hydrogen-bond donors (Lipinski definition) is 1. The van der Waals surface area contributed by atoms with Crippen molar-refractivity contribution >= 4 is 0 Å². The highest BCUT2D eigenvalue weighted by molar-refractivity contribution is 5.45. The first-order chi connectivity index (χ1) is 6.24. The van der Waals surface area contributed by atoms with Crippen molar-refractivity contribution in [2.75, 3.05) is 7.11 Å². The molecular weight excluding hydrogens is 164 g/mol. The molecule has 1 aromatic heterocycles. The summed E-state index contributed by atoms with van der Waals surface area (Å²) in [6.45, 7) is 5.90. The summed E-state index contributed by atoms with van der Waals surface area (Å²) in [7, 11) is 1.70. The molecule has 2 rings (SSSR count). The summed E-state index contributed by atoms with van der Waals surface area (Å²) < 4.78 is 5.31. The van der Waals surface area contributed by atoms with Crippen molar-refractivity contribution in [1.82, 2.24) is 10.3 Å². The third-order valence-electron chi connectivity index (χ3n) is 2.57. The Morgan fingerprint density at radius 2 is 2.08 bits per heavy atom. The number of nitrogens with one attached hydrogen (secondary N) is 1. The third kappa shape index (κ3) is 1.20. The second kappa shape index (κ2) is 3.00. The maximum absolute atomic E-state index is 5.31. The molecule has 1 aliphatic rings. The fourth-order valence-corrected chi connectivity index (χ4v) is 1.93. The van der Waals surface area contributed by atoms with Crippen LogP contribution in [0.5, 0.6) is 5.75 Å². The quantitative estimate of drug-likeness (QED) is 0.704. The average molecular weight is 178 g/mol. The van der Waals surface area contributed by atoms with Gasteiger partial charge in [-0.15, -0.1) is 0 Å². The van der Waals surface area contributed by atoms with Crippen LogP contribution in [0, 0.1) is 13.8 Å². The highest BCUT2D eigenvalue weighted by Crippen LogP contribution is 2.28. The fraction of sp³-hybridized carbons (Fsp3) is 0.500. The number of hydrogen-bond acceptors (Lipinski definition) is 3. The van der Waals surface area contributed by atoms with Gasteiger partial charge in [0, 0.05) is 13.1 Å². The predicted octanol–water partition coefficient (Wildman–Crippen LogP) is 1.31. The molecule has 13 heavy (non-hydrogen) atoms. The first-order valence-corrected chi connectivity index (χ1v) is 4.47. The van der Waals surface area contributed by atoms with Gasteiger partial charge in [-0.1, -0.05) is 0 Å². The number of nitrogens with zero attached hydrogens (tertiary/aromatic N) is 1. The molecule has 0 aliphatic carbocycles. The zero-order valence-corrected chi connectivity index (χ0v) is 8.27. The molecule has 0 aromatic carbocycles. The van der Waals surface area contributed by atoms with E-state index in [1.54, 1.807) is 7.11 Å². The molecule has 0 spiro atoms. The lowest BCUT2D eigenvalue weighted by Gasteiger charge is -2.11. The van der Waals surface area contributed by atoms with E-state index < -0.39 is 0 Å². The van der Waals surface area contributed by atoms with Gasteiger partial charge in [0.1, 0.15) is 5.75 Å². The lowest BCUT2D eigenvalue weighted by molar-refractivity contribution is 0.405. The van der Waals surface area contributed by atoms with Gasteiger partial charge in [0.25, 0.3) is 0 Å². The highest BCUT2D eigenvalue weighted by Gasteiger charge is 2.18. The van der Waals surface area contributed by atoms with Gasteiger partial charge in [0.15, 0.2) is 0 Å². The molecule has 0 radical (unpaired) electrons. The zero-order chi connectivity index (χ0) is 9.42. The van der Waals surface area contributed by atoms with E-state index in [2.05, 4.69) is 17.2 Å². The van der Waals surface area contributed by atoms with Crippen molar-refractivity contribution in [3.8, 4) is 5.75 Å². The Morgan fingerprint density at radius 3 is 2.77 bits per heavy atom. The van der Waals surface area contributed by atoms with E-state index in [-0.39, 0.29) is 0 Å². The van der Waals surface area contributed by atoms with E-state index >= 15 is 0 Å². The van der Waals surface area contributed by atoms with Gasteiger partial charge < -0.3 is 10.1 Å². The predicted molar refractivity (Wildman–Crippen MR) is 50.8 cm³/mol. The molecule has 0 fully saturated rings. The first-order valence-electron chi connectivity index (χ1n) is 4.47. The molecule has 0 unspecified atom stereocenters. The number of fused-ring (bicyclic) bond motifs is 1. The Balaban J connectivity index is 2.62. The van der Waals surface area contributed by atoms with Crippen molar-refractivity contribution in [2.45, 2.75) is 26.9 Å². The summed E-state index contributed by atoms with van der Waals surface area (Å²) in [5.41, 5.74) is 4.70. The monoisotopic (exact) mass is 178 g/mol. The van der Waals surface area contributed by atoms with Gasteiger partial charge in [0.05, 0.1) is 18.5 Å². The summed E-state index contributed by atoms with van der Waals surface area (Å²) >= 11 is 0. The molecule has 3 nitrogen and oxygen atoms in total. The van der Waals surface area contributed by atoms with Gasteiger partial charge in [-0.05, 0) is 25.0 Å². The summed E-state index contributed by atoms with van der Waals surface area (Å²) in [6.07, 6.45) is 0. The Hall–Kier alpha value is -1.09. The molecule has 2 heterocycles. The minimum atomic E-state index is 0.890. The van der Waals surface area contributed by atoms with Crippen LogP contribution in [-0.4, -0.2) is 12.1 Å². The average Bonchev–Trinajstić information content (AvgIpc) is 2.53. The number of ether oxygens (including phenoxy) is 1. The molecule has 1 N–H and O–H groups in total. The highest BCUT2D eigenvalue weighted by atomic mass is 16.5. The zero-order valence-electron chi connectivity index (χ0n) is 8.27. The standard InChI is InChI=1S/C10H14N2O/c1-6-8-4-11-5-9(8)12-7(2)10(6)13-3/h11H,4-5H2,1-3H3. The molecule has 0 bridgehead atoms. The topological polar surface area (TPSA) is 34.1 Å². The maximum Gasteiger partial charge on any atom is 0.143 e. The smallest absolute Gasteiger partial charge is 0.143 e. The molecule has 0 saturated heterocycles. The molecule has 0 atom stereocenters. The van der Waals surface area contributed by atoms with Crippen LogP contribution in [0.1, 0.15) is 22.5 Å². The Labute approximate surface area is 78.1 Å². The van der Waals surface area contributed by atoms with E-state index in [0.29, 0.717) is 0 Å². The van der Waals surface area contributed by atoms with Crippen LogP contribution in [0.25, 0.3) is 0 Å². The molecule has 1 aliphatic heterocycles. The second-order valence-electron chi connectivity index (χ2n) is 3.38. The number of pyridine rings is 1. The van der Waals surface area contributed by atoms with E-state index in [1.165, 1.54) is 16.8 Å². The van der Waals surface area contributed by atoms with Crippen LogP contribution in [-0.2, 0) is 13.1 Å². The van der Waals surface area contributed by atoms with Crippen molar-refractivity contribution in [3.63, 3.8) is 0 Å². The van der Waals surface area contributed by atoms with Crippen molar-refractivity contribution in [3.05, 3.63) is 22.5 Å². The van der Waals surface area contributed by atoms with Crippen molar-refractivity contribution < 1.29 is 4.74 Å². The van der Waals surface area contributed by atoms with Crippen LogP contribution in [0.4, 0.5) is 0 Å². The van der Waals surface area contributed by atoms with Crippen LogP contribution < -0.4 is 10.1 Å². The minimum Gasteiger partial charge on any atom is -0.495 e. The largest absolute Gasteiger partial charge is 0.495 e. The second-order valence-corrected chi connectivity index (χ2v) is 3.38. The lowest BCUT2D eigenvalue weighted by atomic mass is 10.1. The summed E-state index contributed by atoms with van der Waals surface area (Å²) in [6, 6.07) is 0. The fourth-order valence-electron chi connectivity index (χ4n) is 1.93. The van der Waals surface area contributed by atoms with Crippen LogP contribution in [0.3, 0.4) is 0 Å². The Morgan fingerprint density at radius 1 is 1.31 bits per heavy atom. The summed E-state index contributed by atoms with van der Waals surface area (Å²) in [5, 5.41) is 3.29. The van der Waals surface area contributed by atoms with E-state index in [4.69, 9.17) is 4.74 Å². The van der Waals surface area contributed by atoms with E-state index in [9.17, 15) is 0 Å². The molecule has 0 amide bonds. The number of rotatable bonds is 1. The SMILES string of the molecule is COc1c(C)nc2c(c1C)CNC2. The number of aromatic nitrogens is 1. The number of methoxy groups -OCH3 is 1. The van der Waals surface area contributed by atoms with Gasteiger partial charge in [-0.2, -0.15) is 0 Å². The molecule has 1 aromatic rings. The first kappa shape index (κ1) is 8.51. The molecule has 3 heteroatoms. The van der Waals surface area contributed by atoms with Crippen molar-refractivity contribution in [2.24, 2.45) is 0 Å². The molecular formula is C10H14N2O. The van der Waals surface area contributed by atoms with E-state index in [1.807, 2.05) is 6.92 Å². The van der Waals surface area contributed by atoms with Gasteiger partial charge in [-0.25, -0.2) is 0 Å². The maximum atomic E-state index is 5.31. The third-order valence-corrected chi connectivity index (χ3v) is 2.57. The summed E-state index contributed by atoms with van der Waals surface area (Å²) in [4.78, 5) is 4.50. The van der Waals surface area contributed by atoms with Gasteiger partial charge >= 0.3 is 0 Å². The van der Waals surface area contributed by atoms with Gasteiger partial charge in [0.2, 0.25) is 0 Å². The van der Waals surface area contributed by atoms with E-state index in [0.717, 1.165) is 24.5 Å². The summed E-state index contributed by atoms with van der Waals surface area (Å²) in [5.74, 6) is 0.933. The molecule has 70 valence electrons. The van der Waals surface area contributed by atoms with Crippen LogP contribution in [0.2, 0.25) is 0 Å². The van der Waals surface area contributed by atoms with Gasteiger partial charge in [-0.3, -0.25) is 4.98 Å². The van der Waals surface area contributed by atoms with Crippen LogP contribution >= 0.6 is 0 Å². The number of aryl methyl sites for hydroxylation is 1. The lowest BCUT2D eigenvalue weighted by Crippen LogP contribution is -2.00.